The van der Waals surface area contributed by atoms with Crippen LogP contribution in [0.3, 0.4) is 0 Å². The van der Waals surface area contributed by atoms with Crippen LogP contribution in [0.4, 0.5) is 23.8 Å². The fourth-order valence-corrected chi connectivity index (χ4v) is 3.16. The molecule has 1 unspecified atom stereocenters. The Labute approximate surface area is 163 Å². The van der Waals surface area contributed by atoms with Gasteiger partial charge in [-0.25, -0.2) is 9.78 Å². The predicted octanol–water partition coefficient (Wildman–Crippen LogP) is 1.76. The number of carbonyl (C=O) groups is 2. The Bertz CT molecular complexity index is 750. The van der Waals surface area contributed by atoms with Crippen molar-refractivity contribution in [2.24, 2.45) is 0 Å². The average molecular weight is 399 g/mol. The van der Waals surface area contributed by atoms with E-state index in [1.165, 1.54) is 11.8 Å². The highest BCUT2D eigenvalue weighted by atomic mass is 19.4. The Balaban J connectivity index is 2.25. The van der Waals surface area contributed by atoms with E-state index in [9.17, 15) is 22.8 Å². The first kappa shape index (κ1) is 22.0. The molecule has 2 rings (SSSR count). The number of ketones is 1. The first-order valence-corrected chi connectivity index (χ1v) is 9.06. The molecule has 1 aromatic rings. The third kappa shape index (κ3) is 5.62. The van der Waals surface area contributed by atoms with Gasteiger partial charge in [-0.3, -0.25) is 4.79 Å². The lowest BCUT2D eigenvalue weighted by atomic mass is 9.93. The highest BCUT2D eigenvalue weighted by Gasteiger charge is 2.35. The number of Topliss-reactive ketones (excluding diaryl/α,β-unsaturated/α-hetero) is 1. The van der Waals surface area contributed by atoms with Crippen LogP contribution < -0.4 is 10.4 Å². The maximum Gasteiger partial charge on any atom is 0.417 e. The minimum Gasteiger partial charge on any atom is -0.444 e. The zero-order valence-electron chi connectivity index (χ0n) is 16.8. The van der Waals surface area contributed by atoms with Crippen LogP contribution in [0.5, 0.6) is 0 Å². The number of anilines is 1. The highest BCUT2D eigenvalue weighted by Crippen LogP contribution is 2.29. The van der Waals surface area contributed by atoms with Crippen LogP contribution in [-0.4, -0.2) is 60.9 Å². The second-order valence-electron chi connectivity index (χ2n) is 8.04. The lowest BCUT2D eigenvalue weighted by molar-refractivity contribution is -0.137. The molecule has 1 fully saturated rings. The average Bonchev–Trinajstić information content (AvgIpc) is 2.52. The van der Waals surface area contributed by atoms with E-state index in [1.54, 1.807) is 33.5 Å². The van der Waals surface area contributed by atoms with Crippen LogP contribution in [0.2, 0.25) is 0 Å². The lowest BCUT2D eigenvalue weighted by Gasteiger charge is -2.42. The summed E-state index contributed by atoms with van der Waals surface area (Å²) in [6.07, 6.45) is -3.99. The first-order valence-electron chi connectivity index (χ1n) is 9.06. The number of alkyl halides is 3. The van der Waals surface area contributed by atoms with E-state index in [4.69, 9.17) is 4.74 Å². The van der Waals surface area contributed by atoms with Gasteiger partial charge in [0.05, 0.1) is 11.6 Å². The molecule has 1 aromatic heterocycles. The molecule has 1 amide bonds. The van der Waals surface area contributed by atoms with Gasteiger partial charge in [0.15, 0.2) is 0 Å². The maximum atomic E-state index is 12.9. The van der Waals surface area contributed by atoms with Gasteiger partial charge in [0, 0.05) is 32.3 Å². The Kier molecular flexibility index (Phi) is 6.30. The van der Waals surface area contributed by atoms with Crippen LogP contribution >= 0.6 is 0 Å². The Morgan fingerprint density at radius 1 is 1.29 bits per heavy atom. The maximum absolute atomic E-state index is 12.9. The summed E-state index contributed by atoms with van der Waals surface area (Å²) in [7, 11) is 1.56. The SMILES string of the molecule is Bc1cc(C(F)(F)F)cnc1N1CCN(C(=O)OC(C)(C)C)CC1CC(C)=O. The van der Waals surface area contributed by atoms with Crippen LogP contribution in [0.25, 0.3) is 0 Å². The number of hydrogen-bond acceptors (Lipinski definition) is 5. The van der Waals surface area contributed by atoms with Crippen LogP contribution in [0.1, 0.15) is 39.7 Å². The molecule has 1 saturated heterocycles. The number of pyridine rings is 1. The molecule has 154 valence electrons. The van der Waals surface area contributed by atoms with E-state index < -0.39 is 23.4 Å². The van der Waals surface area contributed by atoms with Crippen molar-refractivity contribution >= 4 is 31.0 Å². The van der Waals surface area contributed by atoms with Gasteiger partial charge in [0.25, 0.3) is 0 Å². The molecule has 1 atom stereocenters. The van der Waals surface area contributed by atoms with E-state index in [-0.39, 0.29) is 24.8 Å². The van der Waals surface area contributed by atoms with Crippen LogP contribution in [0.15, 0.2) is 12.3 Å². The van der Waals surface area contributed by atoms with Crippen molar-refractivity contribution < 1.29 is 27.5 Å². The van der Waals surface area contributed by atoms with Gasteiger partial charge in [-0.1, -0.05) is 6.07 Å². The summed E-state index contributed by atoms with van der Waals surface area (Å²) in [5, 5.41) is 0. The number of hydrogen-bond donors (Lipinski definition) is 0. The van der Waals surface area contributed by atoms with Gasteiger partial charge in [-0.15, -0.1) is 0 Å². The standard InChI is InChI=1S/C18H25BF3N3O3/c1-11(26)7-13-10-24(16(27)28-17(2,3)4)5-6-25(13)15-14(19)8-12(9-23-15)18(20,21)22/h8-9,13H,5-7,10,19H2,1-4H3. The van der Waals surface area contributed by atoms with Gasteiger partial charge < -0.3 is 14.5 Å². The Morgan fingerprint density at radius 2 is 1.93 bits per heavy atom. The minimum absolute atomic E-state index is 0.0781. The fourth-order valence-electron chi connectivity index (χ4n) is 3.16. The zero-order valence-corrected chi connectivity index (χ0v) is 16.8. The van der Waals surface area contributed by atoms with Crippen molar-refractivity contribution in [1.82, 2.24) is 9.88 Å². The number of amides is 1. The summed E-state index contributed by atoms with van der Waals surface area (Å²) >= 11 is 0. The van der Waals surface area contributed by atoms with Crippen LogP contribution in [0, 0.1) is 0 Å². The molecule has 0 aliphatic carbocycles. The number of piperazine rings is 1. The number of aromatic nitrogens is 1. The van der Waals surface area contributed by atoms with Crippen molar-refractivity contribution in [3.8, 4) is 0 Å². The van der Waals surface area contributed by atoms with Crippen molar-refractivity contribution in [2.75, 3.05) is 24.5 Å². The molecule has 0 spiro atoms. The van der Waals surface area contributed by atoms with Gasteiger partial charge in [-0.05, 0) is 33.2 Å². The van der Waals surface area contributed by atoms with Crippen molar-refractivity contribution in [2.45, 2.75) is 51.9 Å². The van der Waals surface area contributed by atoms with Gasteiger partial charge >= 0.3 is 12.3 Å². The molecular weight excluding hydrogens is 374 g/mol. The molecule has 28 heavy (non-hydrogen) atoms. The second-order valence-corrected chi connectivity index (χ2v) is 8.04. The number of rotatable bonds is 3. The van der Waals surface area contributed by atoms with Crippen LogP contribution in [-0.2, 0) is 15.7 Å². The summed E-state index contributed by atoms with van der Waals surface area (Å²) in [6, 6.07) is 0.662. The van der Waals surface area contributed by atoms with Crippen molar-refractivity contribution in [1.29, 1.82) is 0 Å². The summed E-state index contributed by atoms with van der Waals surface area (Å²) in [6.45, 7) is 7.65. The normalized spacial score (nSPS) is 18.2. The number of halogens is 3. The van der Waals surface area contributed by atoms with Gasteiger partial charge in [0.2, 0.25) is 0 Å². The van der Waals surface area contributed by atoms with Gasteiger partial charge in [0.1, 0.15) is 25.0 Å². The minimum atomic E-state index is -4.47. The van der Waals surface area contributed by atoms with E-state index in [0.717, 1.165) is 12.3 Å². The second kappa shape index (κ2) is 8.01. The summed E-state index contributed by atoms with van der Waals surface area (Å²) in [5.74, 6) is 0.314. The summed E-state index contributed by atoms with van der Waals surface area (Å²) in [4.78, 5) is 31.4. The van der Waals surface area contributed by atoms with E-state index in [1.807, 2.05) is 0 Å². The fraction of sp³-hybridized carbons (Fsp3) is 0.611. The molecule has 0 saturated carbocycles. The quantitative estimate of drug-likeness (QED) is 0.726. The Hall–Kier alpha value is -2.26. The molecule has 1 aliphatic rings. The molecule has 2 heterocycles. The smallest absolute Gasteiger partial charge is 0.417 e. The number of ether oxygens (including phenoxy) is 1. The summed E-state index contributed by atoms with van der Waals surface area (Å²) < 4.78 is 44.1. The molecular formula is C18H25BF3N3O3. The molecule has 0 aromatic carbocycles. The molecule has 0 radical (unpaired) electrons. The summed E-state index contributed by atoms with van der Waals surface area (Å²) in [5.41, 5.74) is -1.09. The lowest BCUT2D eigenvalue weighted by Crippen LogP contribution is -2.57. The number of carbonyl (C=O) groups excluding carboxylic acids is 2. The molecule has 1 aliphatic heterocycles. The first-order chi connectivity index (χ1) is 12.8. The van der Waals surface area contributed by atoms with E-state index in [2.05, 4.69) is 4.98 Å². The molecule has 6 nitrogen and oxygen atoms in total. The highest BCUT2D eigenvalue weighted by molar-refractivity contribution is 6.35. The molecule has 0 bridgehead atoms. The topological polar surface area (TPSA) is 62.7 Å². The van der Waals surface area contributed by atoms with Crippen molar-refractivity contribution in [3.05, 3.63) is 17.8 Å². The zero-order chi connectivity index (χ0) is 21.3. The van der Waals surface area contributed by atoms with Crippen molar-refractivity contribution in [3.63, 3.8) is 0 Å². The third-order valence-electron chi connectivity index (χ3n) is 4.31. The van der Waals surface area contributed by atoms with Gasteiger partial charge in [-0.2, -0.15) is 13.2 Å². The monoisotopic (exact) mass is 399 g/mol. The largest absolute Gasteiger partial charge is 0.444 e. The van der Waals surface area contributed by atoms with E-state index >= 15 is 0 Å². The molecule has 10 heteroatoms. The Morgan fingerprint density at radius 3 is 2.43 bits per heavy atom. The predicted molar refractivity (Wildman–Crippen MR) is 102 cm³/mol. The van der Waals surface area contributed by atoms with E-state index in [0.29, 0.717) is 24.4 Å². The number of nitrogens with zero attached hydrogens (tertiary/aromatic N) is 3. The molecule has 0 N–H and O–H groups in total. The third-order valence-corrected chi connectivity index (χ3v) is 4.31.